The van der Waals surface area contributed by atoms with Crippen LogP contribution in [-0.2, 0) is 11.8 Å². The predicted octanol–water partition coefficient (Wildman–Crippen LogP) is 3.62. The Hall–Kier alpha value is -3.65. The molecule has 8 nitrogen and oxygen atoms in total. The molecule has 4 aromatic rings. The van der Waals surface area contributed by atoms with Crippen LogP contribution in [0, 0.1) is 0 Å². The Morgan fingerprint density at radius 3 is 2.58 bits per heavy atom. The van der Waals surface area contributed by atoms with Gasteiger partial charge in [-0.3, -0.25) is 4.68 Å². The van der Waals surface area contributed by atoms with Crippen molar-refractivity contribution in [2.45, 2.75) is 0 Å². The van der Waals surface area contributed by atoms with Crippen LogP contribution in [0.25, 0.3) is 22.2 Å². The first-order valence-corrected chi connectivity index (χ1v) is 10.2. The zero-order chi connectivity index (χ0) is 21.2. The Labute approximate surface area is 180 Å². The summed E-state index contributed by atoms with van der Waals surface area (Å²) in [4.78, 5) is 11.8. The van der Waals surface area contributed by atoms with E-state index in [1.165, 1.54) is 0 Å². The Kier molecular flexibility index (Phi) is 5.13. The molecule has 1 fully saturated rings. The van der Waals surface area contributed by atoms with E-state index in [9.17, 15) is 0 Å². The number of methoxy groups -OCH3 is 1. The van der Waals surface area contributed by atoms with Crippen LogP contribution in [0.4, 0.5) is 17.5 Å². The summed E-state index contributed by atoms with van der Waals surface area (Å²) in [7, 11) is 3.61. The molecule has 1 aliphatic heterocycles. The number of morpholine rings is 1. The van der Waals surface area contributed by atoms with E-state index in [1.807, 2.05) is 48.3 Å². The largest absolute Gasteiger partial charge is 0.497 e. The molecule has 158 valence electrons. The summed E-state index contributed by atoms with van der Waals surface area (Å²) < 4.78 is 12.6. The van der Waals surface area contributed by atoms with Gasteiger partial charge in [-0.1, -0.05) is 12.1 Å². The van der Waals surface area contributed by atoms with Crippen molar-refractivity contribution in [3.8, 4) is 17.0 Å². The van der Waals surface area contributed by atoms with Crippen molar-refractivity contribution in [1.82, 2.24) is 19.7 Å². The lowest BCUT2D eigenvalue weighted by Crippen LogP contribution is -2.37. The van der Waals surface area contributed by atoms with Crippen LogP contribution in [0.1, 0.15) is 0 Å². The first-order valence-electron chi connectivity index (χ1n) is 10.2. The van der Waals surface area contributed by atoms with Gasteiger partial charge in [0.1, 0.15) is 11.6 Å². The third-order valence-electron chi connectivity index (χ3n) is 5.42. The maximum Gasteiger partial charge on any atom is 0.228 e. The second-order valence-corrected chi connectivity index (χ2v) is 7.43. The topological polar surface area (TPSA) is 77.3 Å². The third-order valence-corrected chi connectivity index (χ3v) is 5.42. The van der Waals surface area contributed by atoms with Crippen LogP contribution < -0.4 is 15.0 Å². The molecule has 8 heteroatoms. The Bertz CT molecular complexity index is 1200. The van der Waals surface area contributed by atoms with E-state index in [0.29, 0.717) is 19.2 Å². The van der Waals surface area contributed by atoms with Crippen LogP contribution in [0.5, 0.6) is 5.75 Å². The number of ether oxygens (including phenoxy) is 2. The number of benzene rings is 2. The van der Waals surface area contributed by atoms with Gasteiger partial charge in [-0.15, -0.1) is 0 Å². The van der Waals surface area contributed by atoms with Crippen molar-refractivity contribution in [3.05, 3.63) is 54.7 Å². The van der Waals surface area contributed by atoms with Gasteiger partial charge in [-0.25, -0.2) is 4.98 Å². The van der Waals surface area contributed by atoms with Crippen LogP contribution in [0.3, 0.4) is 0 Å². The van der Waals surface area contributed by atoms with E-state index in [1.54, 1.807) is 7.11 Å². The molecule has 0 bridgehead atoms. The van der Waals surface area contributed by atoms with E-state index in [2.05, 4.69) is 33.5 Å². The molecule has 0 amide bonds. The molecule has 5 rings (SSSR count). The SMILES string of the molecule is COc1ccc(Nc2cc(-c3ccc4cnn(C)c4c3)nc(N3CCOCC3)n2)cc1. The number of nitrogens with zero attached hydrogens (tertiary/aromatic N) is 5. The van der Waals surface area contributed by atoms with E-state index >= 15 is 0 Å². The third kappa shape index (κ3) is 4.02. The van der Waals surface area contributed by atoms with Crippen molar-refractivity contribution in [3.63, 3.8) is 0 Å². The van der Waals surface area contributed by atoms with E-state index in [4.69, 9.17) is 19.4 Å². The minimum absolute atomic E-state index is 0.676. The van der Waals surface area contributed by atoms with Gasteiger partial charge in [-0.2, -0.15) is 10.1 Å². The van der Waals surface area contributed by atoms with E-state index in [-0.39, 0.29) is 0 Å². The highest BCUT2D eigenvalue weighted by Crippen LogP contribution is 2.28. The summed E-state index contributed by atoms with van der Waals surface area (Å²) in [6, 6.07) is 16.0. The van der Waals surface area contributed by atoms with Crippen LogP contribution in [-0.4, -0.2) is 53.2 Å². The minimum Gasteiger partial charge on any atom is -0.497 e. The molecule has 0 aliphatic carbocycles. The standard InChI is InChI=1S/C23H24N6O2/c1-28-21-13-16(3-4-17(21)15-24-28)20-14-22(25-18-5-7-19(30-2)8-6-18)27-23(26-20)29-9-11-31-12-10-29/h3-8,13-15H,9-12H2,1-2H3,(H,25,26,27). The minimum atomic E-state index is 0.676. The number of aryl methyl sites for hydroxylation is 1. The smallest absolute Gasteiger partial charge is 0.228 e. The Balaban J connectivity index is 1.55. The van der Waals surface area contributed by atoms with Crippen molar-refractivity contribution < 1.29 is 9.47 Å². The molecule has 2 aromatic heterocycles. The average Bonchev–Trinajstić information content (AvgIpc) is 3.20. The highest BCUT2D eigenvalue weighted by atomic mass is 16.5. The predicted molar refractivity (Wildman–Crippen MR) is 121 cm³/mol. The first kappa shape index (κ1) is 19.3. The second-order valence-electron chi connectivity index (χ2n) is 7.43. The number of aromatic nitrogens is 4. The average molecular weight is 416 g/mol. The maximum absolute atomic E-state index is 5.50. The number of hydrogen-bond acceptors (Lipinski definition) is 7. The fraction of sp³-hybridized carbons (Fsp3) is 0.261. The van der Waals surface area contributed by atoms with E-state index < -0.39 is 0 Å². The first-order chi connectivity index (χ1) is 15.2. The normalized spacial score (nSPS) is 14.1. The Morgan fingerprint density at radius 1 is 1.00 bits per heavy atom. The van der Waals surface area contributed by atoms with Crippen molar-refractivity contribution in [2.75, 3.05) is 43.6 Å². The molecule has 3 heterocycles. The summed E-state index contributed by atoms with van der Waals surface area (Å²) in [6.07, 6.45) is 1.87. The van der Waals surface area contributed by atoms with Crippen molar-refractivity contribution >= 4 is 28.4 Å². The number of rotatable bonds is 5. The molecule has 0 unspecified atom stereocenters. The highest BCUT2D eigenvalue weighted by Gasteiger charge is 2.17. The summed E-state index contributed by atoms with van der Waals surface area (Å²) in [5.41, 5.74) is 3.87. The number of fused-ring (bicyclic) bond motifs is 1. The zero-order valence-corrected chi connectivity index (χ0v) is 17.6. The highest BCUT2D eigenvalue weighted by molar-refractivity contribution is 5.84. The van der Waals surface area contributed by atoms with Crippen LogP contribution in [0.15, 0.2) is 54.7 Å². The second kappa shape index (κ2) is 8.23. The van der Waals surface area contributed by atoms with Gasteiger partial charge in [0.25, 0.3) is 0 Å². The molecule has 1 aliphatic rings. The maximum atomic E-state index is 5.50. The molecule has 2 aromatic carbocycles. The van der Waals surface area contributed by atoms with Gasteiger partial charge in [0, 0.05) is 42.8 Å². The summed E-state index contributed by atoms with van der Waals surface area (Å²) in [6.45, 7) is 2.89. The lowest BCUT2D eigenvalue weighted by Gasteiger charge is -2.27. The molecule has 0 radical (unpaired) electrons. The molecule has 0 atom stereocenters. The van der Waals surface area contributed by atoms with Gasteiger partial charge in [0.15, 0.2) is 0 Å². The molecule has 1 saturated heterocycles. The molecule has 1 N–H and O–H groups in total. The quantitative estimate of drug-likeness (QED) is 0.532. The van der Waals surface area contributed by atoms with Crippen molar-refractivity contribution in [1.29, 1.82) is 0 Å². The fourth-order valence-electron chi connectivity index (χ4n) is 3.68. The Morgan fingerprint density at radius 2 is 1.81 bits per heavy atom. The molecule has 31 heavy (non-hydrogen) atoms. The molecular formula is C23H24N6O2. The number of anilines is 3. The van der Waals surface area contributed by atoms with Gasteiger partial charge in [0.05, 0.1) is 37.7 Å². The van der Waals surface area contributed by atoms with Crippen molar-refractivity contribution in [2.24, 2.45) is 7.05 Å². The number of nitrogens with one attached hydrogen (secondary N) is 1. The lowest BCUT2D eigenvalue weighted by molar-refractivity contribution is 0.122. The lowest BCUT2D eigenvalue weighted by atomic mass is 10.1. The molecule has 0 saturated carbocycles. The van der Waals surface area contributed by atoms with Crippen LogP contribution in [0.2, 0.25) is 0 Å². The fourth-order valence-corrected chi connectivity index (χ4v) is 3.68. The summed E-state index contributed by atoms with van der Waals surface area (Å²) >= 11 is 0. The number of hydrogen-bond donors (Lipinski definition) is 1. The van der Waals surface area contributed by atoms with Gasteiger partial charge in [-0.05, 0) is 30.3 Å². The van der Waals surface area contributed by atoms with E-state index in [0.717, 1.165) is 52.5 Å². The zero-order valence-electron chi connectivity index (χ0n) is 17.6. The van der Waals surface area contributed by atoms with Crippen LogP contribution >= 0.6 is 0 Å². The molecule has 0 spiro atoms. The summed E-state index contributed by atoms with van der Waals surface area (Å²) in [5, 5.41) is 8.86. The van der Waals surface area contributed by atoms with Gasteiger partial charge < -0.3 is 19.7 Å². The van der Waals surface area contributed by atoms with Gasteiger partial charge >= 0.3 is 0 Å². The summed E-state index contributed by atoms with van der Waals surface area (Å²) in [5.74, 6) is 2.25. The molecular weight excluding hydrogens is 392 g/mol. The monoisotopic (exact) mass is 416 g/mol. The van der Waals surface area contributed by atoms with Gasteiger partial charge in [0.2, 0.25) is 5.95 Å².